The fourth-order valence-electron chi connectivity index (χ4n) is 0.748. The molecule has 7 heteroatoms. The molecule has 4 nitrogen and oxygen atoms in total. The van der Waals surface area contributed by atoms with Gasteiger partial charge in [0.2, 0.25) is 11.8 Å². The maximum Gasteiger partial charge on any atom is 0.255 e. The summed E-state index contributed by atoms with van der Waals surface area (Å²) < 4.78 is 29.1. The predicted molar refractivity (Wildman–Crippen MR) is 50.8 cm³/mol. The summed E-state index contributed by atoms with van der Waals surface area (Å²) in [4.78, 5) is 7.61. The van der Waals surface area contributed by atoms with Gasteiger partial charge in [0.15, 0.2) is 0 Å². The molecule has 0 fully saturated rings. The van der Waals surface area contributed by atoms with Crippen LogP contribution in [0, 0.1) is 0 Å². The van der Waals surface area contributed by atoms with Gasteiger partial charge in [0.1, 0.15) is 0 Å². The fraction of sp³-hybridized carbons (Fsp3) is 0.429. The summed E-state index contributed by atoms with van der Waals surface area (Å²) in [6.07, 6.45) is -1.01. The lowest BCUT2D eigenvalue weighted by Gasteiger charge is -2.06. The molecule has 0 spiro atoms. The molecule has 0 atom stereocenters. The largest absolute Gasteiger partial charge is 0.480 e. The first-order valence-electron chi connectivity index (χ1n) is 3.72. The minimum absolute atomic E-state index is 0.116. The Bertz CT molecular complexity index is 311. The summed E-state index contributed by atoms with van der Waals surface area (Å²) in [7, 11) is 1.43. The van der Waals surface area contributed by atoms with Crippen LogP contribution in [0.1, 0.15) is 0 Å². The van der Waals surface area contributed by atoms with Crippen molar-refractivity contribution in [2.24, 2.45) is 0 Å². The topological polar surface area (TPSA) is 47.0 Å². The van der Waals surface area contributed by atoms with E-state index in [0.717, 1.165) is 0 Å². The molecule has 1 aromatic heterocycles. The van der Waals surface area contributed by atoms with Crippen molar-refractivity contribution in [2.75, 3.05) is 19.0 Å². The van der Waals surface area contributed by atoms with Crippen molar-refractivity contribution >= 4 is 21.9 Å². The molecule has 0 saturated carbocycles. The van der Waals surface area contributed by atoms with Crippen molar-refractivity contribution in [1.82, 2.24) is 9.97 Å². The van der Waals surface area contributed by atoms with E-state index in [1.165, 1.54) is 13.3 Å². The minimum atomic E-state index is -2.44. The number of nitrogens with zero attached hydrogens (tertiary/aromatic N) is 2. The average Bonchev–Trinajstić information content (AvgIpc) is 2.16. The van der Waals surface area contributed by atoms with Crippen LogP contribution in [0.25, 0.3) is 0 Å². The molecule has 1 N–H and O–H groups in total. The van der Waals surface area contributed by atoms with Crippen LogP contribution in [0.3, 0.4) is 0 Å². The molecule has 0 aliphatic carbocycles. The third-order valence-electron chi connectivity index (χ3n) is 1.32. The maximum atomic E-state index is 11.8. The Morgan fingerprint density at radius 1 is 1.64 bits per heavy atom. The number of nitrogens with one attached hydrogen (secondary N) is 1. The van der Waals surface area contributed by atoms with Crippen molar-refractivity contribution in [3.63, 3.8) is 0 Å². The molecule has 0 amide bonds. The standard InChI is InChI=1S/C7H8BrF2N3O/c1-14-6-4(8)2-11-7(13-6)12-3-5(9)10/h2,5H,3H2,1H3,(H,11,12,13). The summed E-state index contributed by atoms with van der Waals surface area (Å²) in [6.45, 7) is -0.481. The van der Waals surface area contributed by atoms with Gasteiger partial charge in [0, 0.05) is 0 Å². The summed E-state index contributed by atoms with van der Waals surface area (Å²) in [5.41, 5.74) is 0. The van der Waals surface area contributed by atoms with E-state index in [9.17, 15) is 8.78 Å². The Balaban J connectivity index is 2.69. The molecule has 0 unspecified atom stereocenters. The van der Waals surface area contributed by atoms with Crippen LogP contribution in [0.4, 0.5) is 14.7 Å². The smallest absolute Gasteiger partial charge is 0.255 e. The van der Waals surface area contributed by atoms with Crippen molar-refractivity contribution < 1.29 is 13.5 Å². The van der Waals surface area contributed by atoms with E-state index < -0.39 is 13.0 Å². The third kappa shape index (κ3) is 3.06. The van der Waals surface area contributed by atoms with E-state index in [1.807, 2.05) is 0 Å². The normalized spacial score (nSPS) is 10.4. The number of anilines is 1. The highest BCUT2D eigenvalue weighted by molar-refractivity contribution is 9.10. The molecule has 14 heavy (non-hydrogen) atoms. The lowest BCUT2D eigenvalue weighted by atomic mass is 10.6. The zero-order valence-corrected chi connectivity index (χ0v) is 8.88. The highest BCUT2D eigenvalue weighted by Gasteiger charge is 2.06. The Morgan fingerprint density at radius 2 is 2.36 bits per heavy atom. The van der Waals surface area contributed by atoms with Crippen LogP contribution in [-0.2, 0) is 0 Å². The van der Waals surface area contributed by atoms with Crippen LogP contribution in [-0.4, -0.2) is 30.0 Å². The van der Waals surface area contributed by atoms with Crippen molar-refractivity contribution in [1.29, 1.82) is 0 Å². The first-order valence-corrected chi connectivity index (χ1v) is 4.51. The molecule has 0 aliphatic heterocycles. The number of hydrogen-bond acceptors (Lipinski definition) is 4. The second kappa shape index (κ2) is 5.04. The van der Waals surface area contributed by atoms with Crippen molar-refractivity contribution in [3.8, 4) is 5.88 Å². The maximum absolute atomic E-state index is 11.8. The van der Waals surface area contributed by atoms with Gasteiger partial charge in [-0.05, 0) is 15.9 Å². The Kier molecular flexibility index (Phi) is 3.99. The Labute approximate surface area is 87.8 Å². The van der Waals surface area contributed by atoms with Crippen LogP contribution < -0.4 is 10.1 Å². The number of hydrogen-bond donors (Lipinski definition) is 1. The third-order valence-corrected chi connectivity index (χ3v) is 1.86. The monoisotopic (exact) mass is 267 g/mol. The van der Waals surface area contributed by atoms with Gasteiger partial charge in [-0.15, -0.1) is 0 Å². The molecule has 0 aromatic carbocycles. The number of rotatable bonds is 4. The first kappa shape index (κ1) is 11.1. The highest BCUT2D eigenvalue weighted by atomic mass is 79.9. The molecule has 1 rings (SSSR count). The number of aromatic nitrogens is 2. The molecule has 0 radical (unpaired) electrons. The highest BCUT2D eigenvalue weighted by Crippen LogP contribution is 2.21. The van der Waals surface area contributed by atoms with Gasteiger partial charge in [-0.2, -0.15) is 4.98 Å². The molecular formula is C7H8BrF2N3O. The van der Waals surface area contributed by atoms with Crippen molar-refractivity contribution in [3.05, 3.63) is 10.7 Å². The number of halogens is 3. The molecule has 0 bridgehead atoms. The summed E-state index contributed by atoms with van der Waals surface area (Å²) >= 11 is 3.14. The van der Waals surface area contributed by atoms with Gasteiger partial charge >= 0.3 is 0 Å². The quantitative estimate of drug-likeness (QED) is 0.906. The molecule has 0 saturated heterocycles. The van der Waals surface area contributed by atoms with E-state index in [-0.39, 0.29) is 5.95 Å². The van der Waals surface area contributed by atoms with Crippen LogP contribution in [0.2, 0.25) is 0 Å². The zero-order chi connectivity index (χ0) is 10.6. The SMILES string of the molecule is COc1nc(NCC(F)F)ncc1Br. The van der Waals surface area contributed by atoms with Crippen molar-refractivity contribution in [2.45, 2.75) is 6.43 Å². The molecular weight excluding hydrogens is 260 g/mol. The van der Waals surface area contributed by atoms with E-state index in [4.69, 9.17) is 4.74 Å². The van der Waals surface area contributed by atoms with Crippen LogP contribution in [0.5, 0.6) is 5.88 Å². The van der Waals surface area contributed by atoms with E-state index in [2.05, 4.69) is 31.2 Å². The lowest BCUT2D eigenvalue weighted by Crippen LogP contribution is -2.12. The van der Waals surface area contributed by atoms with E-state index in [1.54, 1.807) is 0 Å². The molecule has 78 valence electrons. The van der Waals surface area contributed by atoms with Gasteiger partial charge in [-0.1, -0.05) is 0 Å². The van der Waals surface area contributed by atoms with Gasteiger partial charge in [-0.25, -0.2) is 13.8 Å². The van der Waals surface area contributed by atoms with E-state index in [0.29, 0.717) is 10.4 Å². The van der Waals surface area contributed by atoms with E-state index >= 15 is 0 Å². The summed E-state index contributed by atoms with van der Waals surface area (Å²) in [5, 5.41) is 2.37. The average molecular weight is 268 g/mol. The lowest BCUT2D eigenvalue weighted by molar-refractivity contribution is 0.163. The first-order chi connectivity index (χ1) is 6.63. The fourth-order valence-corrected chi connectivity index (χ4v) is 1.10. The van der Waals surface area contributed by atoms with Gasteiger partial charge < -0.3 is 10.1 Å². The zero-order valence-electron chi connectivity index (χ0n) is 7.30. The van der Waals surface area contributed by atoms with Crippen LogP contribution >= 0.6 is 15.9 Å². The molecule has 1 heterocycles. The number of ether oxygens (including phenoxy) is 1. The summed E-state index contributed by atoms with van der Waals surface area (Å²) in [5.74, 6) is 0.419. The van der Waals surface area contributed by atoms with Crippen LogP contribution in [0.15, 0.2) is 10.7 Å². The molecule has 1 aromatic rings. The number of methoxy groups -OCH3 is 1. The second-order valence-electron chi connectivity index (χ2n) is 2.32. The Morgan fingerprint density at radius 3 is 2.93 bits per heavy atom. The molecule has 0 aliphatic rings. The second-order valence-corrected chi connectivity index (χ2v) is 3.18. The summed E-state index contributed by atoms with van der Waals surface area (Å²) in [6, 6.07) is 0. The number of alkyl halides is 2. The Hall–Kier alpha value is -0.980. The predicted octanol–water partition coefficient (Wildman–Crippen LogP) is 1.92. The van der Waals surface area contributed by atoms with Gasteiger partial charge in [0.25, 0.3) is 6.43 Å². The minimum Gasteiger partial charge on any atom is -0.480 e. The van der Waals surface area contributed by atoms with Gasteiger partial charge in [-0.3, -0.25) is 0 Å². The van der Waals surface area contributed by atoms with Gasteiger partial charge in [0.05, 0.1) is 24.3 Å².